The molecule has 0 heterocycles. The van der Waals surface area contributed by atoms with Crippen LogP contribution in [0, 0.1) is 20.2 Å². The highest BCUT2D eigenvalue weighted by Crippen LogP contribution is 2.31. The highest BCUT2D eigenvalue weighted by Gasteiger charge is 2.30. The molecule has 0 amide bonds. The smallest absolute Gasteiger partial charge is 0.271 e. The van der Waals surface area contributed by atoms with Crippen molar-refractivity contribution in [2.24, 2.45) is 5.10 Å². The summed E-state index contributed by atoms with van der Waals surface area (Å²) in [6.45, 7) is 0. The Kier molecular flexibility index (Phi) is 5.95. The van der Waals surface area contributed by atoms with E-state index in [-0.39, 0.29) is 17.0 Å². The maximum absolute atomic E-state index is 13.1. The van der Waals surface area contributed by atoms with Crippen molar-refractivity contribution in [2.75, 3.05) is 5.43 Å². The van der Waals surface area contributed by atoms with Gasteiger partial charge in [0.05, 0.1) is 27.2 Å². The molecular formula is C20H13F3N4O4. The lowest BCUT2D eigenvalue weighted by atomic mass is 10.0. The maximum Gasteiger partial charge on any atom is 0.416 e. The topological polar surface area (TPSA) is 111 Å². The predicted molar refractivity (Wildman–Crippen MR) is 107 cm³/mol. The van der Waals surface area contributed by atoms with Crippen LogP contribution in [0.15, 0.2) is 77.9 Å². The second kappa shape index (κ2) is 8.61. The van der Waals surface area contributed by atoms with Crippen molar-refractivity contribution in [1.82, 2.24) is 0 Å². The molecule has 11 heteroatoms. The van der Waals surface area contributed by atoms with E-state index in [4.69, 9.17) is 0 Å². The van der Waals surface area contributed by atoms with E-state index in [0.717, 1.165) is 30.3 Å². The van der Waals surface area contributed by atoms with Gasteiger partial charge in [-0.3, -0.25) is 25.7 Å². The molecule has 0 saturated heterocycles. The van der Waals surface area contributed by atoms with Gasteiger partial charge in [-0.05, 0) is 18.2 Å². The third-order valence-electron chi connectivity index (χ3n) is 4.19. The van der Waals surface area contributed by atoms with E-state index in [1.165, 1.54) is 12.1 Å². The number of nitro groups is 2. The van der Waals surface area contributed by atoms with E-state index in [1.54, 1.807) is 30.3 Å². The van der Waals surface area contributed by atoms with Gasteiger partial charge in [-0.2, -0.15) is 18.3 Å². The molecule has 0 aliphatic rings. The second-order valence-corrected chi connectivity index (χ2v) is 6.23. The summed E-state index contributed by atoms with van der Waals surface area (Å²) in [7, 11) is 0. The van der Waals surface area contributed by atoms with Crippen LogP contribution in [-0.2, 0) is 6.18 Å². The first-order chi connectivity index (χ1) is 14.7. The van der Waals surface area contributed by atoms with Crippen LogP contribution in [0.1, 0.15) is 16.7 Å². The summed E-state index contributed by atoms with van der Waals surface area (Å²) in [6.07, 6.45) is -4.57. The molecule has 0 spiro atoms. The summed E-state index contributed by atoms with van der Waals surface area (Å²) in [4.78, 5) is 20.6. The molecule has 3 aromatic rings. The summed E-state index contributed by atoms with van der Waals surface area (Å²) in [5.74, 6) is 0. The molecule has 1 N–H and O–H groups in total. The Morgan fingerprint density at radius 1 is 0.839 bits per heavy atom. The number of nitrogens with one attached hydrogen (secondary N) is 1. The molecular weight excluding hydrogens is 417 g/mol. The van der Waals surface area contributed by atoms with Gasteiger partial charge in [0.1, 0.15) is 5.69 Å². The Morgan fingerprint density at radius 3 is 2.13 bits per heavy atom. The fourth-order valence-corrected chi connectivity index (χ4v) is 2.73. The Labute approximate surface area is 172 Å². The first-order valence-corrected chi connectivity index (χ1v) is 8.66. The number of halogens is 3. The van der Waals surface area contributed by atoms with Crippen LogP contribution < -0.4 is 5.43 Å². The highest BCUT2D eigenvalue weighted by molar-refractivity contribution is 6.13. The molecule has 31 heavy (non-hydrogen) atoms. The van der Waals surface area contributed by atoms with Crippen LogP contribution in [-0.4, -0.2) is 15.6 Å². The SMILES string of the molecule is O=[N+]([O-])c1ccc(N/N=C(/c2ccccc2)c2cccc(C(F)(F)F)c2)c([N+](=O)[O-])c1. The third-order valence-corrected chi connectivity index (χ3v) is 4.19. The van der Waals surface area contributed by atoms with Crippen LogP contribution in [0.3, 0.4) is 0 Å². The molecule has 0 atom stereocenters. The minimum atomic E-state index is -4.57. The number of hydrazone groups is 1. The zero-order valence-electron chi connectivity index (χ0n) is 15.5. The molecule has 0 radical (unpaired) electrons. The number of alkyl halides is 3. The standard InChI is InChI=1S/C20H13F3N4O4/c21-20(22,23)15-8-4-7-14(11-15)19(13-5-2-1-3-6-13)25-24-17-10-9-16(26(28)29)12-18(17)27(30)31/h1-12,24H/b25-19-. The van der Waals surface area contributed by atoms with Gasteiger partial charge < -0.3 is 0 Å². The lowest BCUT2D eigenvalue weighted by Gasteiger charge is -2.12. The average molecular weight is 430 g/mol. The van der Waals surface area contributed by atoms with Gasteiger partial charge >= 0.3 is 11.9 Å². The number of rotatable bonds is 6. The maximum atomic E-state index is 13.1. The lowest BCUT2D eigenvalue weighted by molar-refractivity contribution is -0.393. The van der Waals surface area contributed by atoms with E-state index < -0.39 is 33.0 Å². The van der Waals surface area contributed by atoms with Crippen molar-refractivity contribution < 1.29 is 23.0 Å². The molecule has 0 saturated carbocycles. The molecule has 158 valence electrons. The van der Waals surface area contributed by atoms with Crippen LogP contribution in [0.5, 0.6) is 0 Å². The number of non-ortho nitro benzene ring substituents is 1. The van der Waals surface area contributed by atoms with Crippen LogP contribution in [0.4, 0.5) is 30.2 Å². The molecule has 0 aromatic heterocycles. The van der Waals surface area contributed by atoms with Gasteiger partial charge in [-0.25, -0.2) is 0 Å². The Balaban J connectivity index is 2.09. The Bertz CT molecular complexity index is 1160. The average Bonchev–Trinajstić information content (AvgIpc) is 2.74. The minimum Gasteiger partial charge on any atom is -0.271 e. The van der Waals surface area contributed by atoms with Crippen LogP contribution >= 0.6 is 0 Å². The molecule has 0 aliphatic heterocycles. The first-order valence-electron chi connectivity index (χ1n) is 8.66. The number of benzene rings is 3. The molecule has 8 nitrogen and oxygen atoms in total. The van der Waals surface area contributed by atoms with Crippen molar-refractivity contribution in [1.29, 1.82) is 0 Å². The molecule has 0 bridgehead atoms. The fourth-order valence-electron chi connectivity index (χ4n) is 2.73. The van der Waals surface area contributed by atoms with Gasteiger partial charge in [0, 0.05) is 17.2 Å². The van der Waals surface area contributed by atoms with Gasteiger partial charge in [0.25, 0.3) is 5.69 Å². The second-order valence-electron chi connectivity index (χ2n) is 6.23. The molecule has 0 unspecified atom stereocenters. The van der Waals surface area contributed by atoms with Gasteiger partial charge in [-0.1, -0.05) is 42.5 Å². The van der Waals surface area contributed by atoms with E-state index in [0.29, 0.717) is 5.56 Å². The number of nitro benzene ring substituents is 2. The van der Waals surface area contributed by atoms with E-state index in [1.807, 2.05) is 0 Å². The van der Waals surface area contributed by atoms with Crippen molar-refractivity contribution in [3.05, 3.63) is 110 Å². The fraction of sp³-hybridized carbons (Fsp3) is 0.0500. The van der Waals surface area contributed by atoms with E-state index >= 15 is 0 Å². The Morgan fingerprint density at radius 2 is 1.52 bits per heavy atom. The van der Waals surface area contributed by atoms with E-state index in [9.17, 15) is 33.4 Å². The number of anilines is 1. The molecule has 3 rings (SSSR count). The highest BCUT2D eigenvalue weighted by atomic mass is 19.4. The molecule has 0 aliphatic carbocycles. The zero-order chi connectivity index (χ0) is 22.6. The number of hydrogen-bond acceptors (Lipinski definition) is 6. The van der Waals surface area contributed by atoms with Crippen molar-refractivity contribution in [3.8, 4) is 0 Å². The molecule has 3 aromatic carbocycles. The van der Waals surface area contributed by atoms with Crippen molar-refractivity contribution in [3.63, 3.8) is 0 Å². The third kappa shape index (κ3) is 5.01. The zero-order valence-corrected chi connectivity index (χ0v) is 15.5. The normalized spacial score (nSPS) is 11.8. The summed E-state index contributed by atoms with van der Waals surface area (Å²) < 4.78 is 39.4. The quantitative estimate of drug-likeness (QED) is 0.320. The Hall–Kier alpha value is -4.28. The largest absolute Gasteiger partial charge is 0.416 e. The molecule has 0 fully saturated rings. The van der Waals surface area contributed by atoms with Gasteiger partial charge in [0.2, 0.25) is 0 Å². The summed E-state index contributed by atoms with van der Waals surface area (Å²) in [5, 5.41) is 26.3. The summed E-state index contributed by atoms with van der Waals surface area (Å²) in [6, 6.07) is 15.7. The summed E-state index contributed by atoms with van der Waals surface area (Å²) in [5.41, 5.74) is 1.01. The summed E-state index contributed by atoms with van der Waals surface area (Å²) >= 11 is 0. The lowest BCUT2D eigenvalue weighted by Crippen LogP contribution is -2.10. The number of hydrogen-bond donors (Lipinski definition) is 1. The first kappa shape index (κ1) is 21.4. The minimum absolute atomic E-state index is 0.0966. The predicted octanol–water partition coefficient (Wildman–Crippen LogP) is 5.39. The van der Waals surface area contributed by atoms with Crippen LogP contribution in [0.25, 0.3) is 0 Å². The van der Waals surface area contributed by atoms with Crippen molar-refractivity contribution in [2.45, 2.75) is 6.18 Å². The van der Waals surface area contributed by atoms with Crippen molar-refractivity contribution >= 4 is 22.8 Å². The van der Waals surface area contributed by atoms with Gasteiger partial charge in [-0.15, -0.1) is 0 Å². The number of nitrogens with zero attached hydrogens (tertiary/aromatic N) is 3. The monoisotopic (exact) mass is 430 g/mol. The van der Waals surface area contributed by atoms with Crippen LogP contribution in [0.2, 0.25) is 0 Å². The van der Waals surface area contributed by atoms with Gasteiger partial charge in [0.15, 0.2) is 0 Å². The van der Waals surface area contributed by atoms with E-state index in [2.05, 4.69) is 10.5 Å².